The summed E-state index contributed by atoms with van der Waals surface area (Å²) in [6, 6.07) is 31.6. The fourth-order valence-corrected chi connectivity index (χ4v) is 5.91. The van der Waals surface area contributed by atoms with Gasteiger partial charge in [-0.25, -0.2) is 0 Å². The lowest BCUT2D eigenvalue weighted by Gasteiger charge is -2.30. The molecule has 0 amide bonds. The van der Waals surface area contributed by atoms with Gasteiger partial charge in [-0.3, -0.25) is 0 Å². The Morgan fingerprint density at radius 2 is 1.20 bits per heavy atom. The Kier molecular flexibility index (Phi) is 6.36. The molecule has 3 aromatic carbocycles. The topological polar surface area (TPSA) is 29.5 Å². The van der Waals surface area contributed by atoms with Gasteiger partial charge in [0.15, 0.2) is 6.29 Å². The number of hydrogen-bond acceptors (Lipinski definition) is 2. The molecule has 25 heavy (non-hydrogen) atoms. The van der Waals surface area contributed by atoms with E-state index in [1.54, 1.807) is 7.11 Å². The molecular formula is C22H23O2P. The highest BCUT2D eigenvalue weighted by Crippen LogP contribution is 2.51. The summed E-state index contributed by atoms with van der Waals surface area (Å²) < 4.78 is 5.19. The van der Waals surface area contributed by atoms with Crippen LogP contribution >= 0.6 is 7.92 Å². The van der Waals surface area contributed by atoms with Gasteiger partial charge in [0.25, 0.3) is 0 Å². The van der Waals surface area contributed by atoms with Gasteiger partial charge in [0.1, 0.15) is 0 Å². The Morgan fingerprint density at radius 3 is 1.64 bits per heavy atom. The van der Waals surface area contributed by atoms with Crippen molar-refractivity contribution in [3.8, 4) is 0 Å². The highest BCUT2D eigenvalue weighted by molar-refractivity contribution is 7.73. The fraction of sp³-hybridized carbons (Fsp3) is 0.182. The molecule has 0 aromatic heterocycles. The highest BCUT2D eigenvalue weighted by atomic mass is 31.1. The van der Waals surface area contributed by atoms with Crippen LogP contribution < -0.4 is 10.6 Å². The summed E-state index contributed by atoms with van der Waals surface area (Å²) in [5.41, 5.74) is 1.41. The van der Waals surface area contributed by atoms with Crippen LogP contribution in [0.25, 0.3) is 0 Å². The van der Waals surface area contributed by atoms with Crippen LogP contribution in [0.4, 0.5) is 0 Å². The second kappa shape index (κ2) is 8.92. The minimum atomic E-state index is -0.775. The molecule has 3 heteroatoms. The molecule has 0 saturated heterocycles. The van der Waals surface area contributed by atoms with E-state index in [0.717, 1.165) is 0 Å². The lowest BCUT2D eigenvalue weighted by molar-refractivity contribution is -0.0783. The highest BCUT2D eigenvalue weighted by Gasteiger charge is 2.28. The molecule has 2 atom stereocenters. The Labute approximate surface area is 150 Å². The van der Waals surface area contributed by atoms with Crippen molar-refractivity contribution in [2.24, 2.45) is 0 Å². The molecule has 0 heterocycles. The van der Waals surface area contributed by atoms with Crippen molar-refractivity contribution in [2.45, 2.75) is 18.4 Å². The molecule has 3 aromatic rings. The van der Waals surface area contributed by atoms with Crippen LogP contribution in [-0.4, -0.2) is 18.5 Å². The molecule has 0 bridgehead atoms. The zero-order valence-corrected chi connectivity index (χ0v) is 15.2. The SMILES string of the molecule is COC(O)CC(c1ccccc1)P(c1ccccc1)c1ccccc1. The first kappa shape index (κ1) is 17.8. The lowest BCUT2D eigenvalue weighted by atomic mass is 10.1. The predicted octanol–water partition coefficient (Wildman–Crippen LogP) is 4.22. The maximum absolute atomic E-state index is 10.2. The van der Waals surface area contributed by atoms with Crippen LogP contribution in [0.1, 0.15) is 17.6 Å². The average molecular weight is 350 g/mol. The summed E-state index contributed by atoms with van der Waals surface area (Å²) in [6.45, 7) is 0. The summed E-state index contributed by atoms with van der Waals surface area (Å²) in [7, 11) is 0.887. The van der Waals surface area contributed by atoms with Gasteiger partial charge in [-0.1, -0.05) is 91.0 Å². The largest absolute Gasteiger partial charge is 0.368 e. The monoisotopic (exact) mass is 350 g/mol. The normalized spacial score (nSPS) is 13.6. The first-order chi connectivity index (χ1) is 12.3. The third-order valence-electron chi connectivity index (χ3n) is 4.26. The number of aliphatic hydroxyl groups is 1. The van der Waals surface area contributed by atoms with E-state index < -0.39 is 14.2 Å². The Balaban J connectivity index is 2.09. The second-order valence-corrected chi connectivity index (χ2v) is 8.29. The van der Waals surface area contributed by atoms with E-state index in [9.17, 15) is 5.11 Å². The molecule has 0 fully saturated rings. The molecular weight excluding hydrogens is 327 g/mol. The van der Waals surface area contributed by atoms with Crippen molar-refractivity contribution in [3.63, 3.8) is 0 Å². The van der Waals surface area contributed by atoms with Crippen LogP contribution in [0, 0.1) is 0 Å². The van der Waals surface area contributed by atoms with Crippen LogP contribution in [0.5, 0.6) is 0 Å². The summed E-state index contributed by atoms with van der Waals surface area (Å²) in [5, 5.41) is 12.8. The van der Waals surface area contributed by atoms with Crippen molar-refractivity contribution in [1.29, 1.82) is 0 Å². The molecule has 0 aliphatic rings. The number of methoxy groups -OCH3 is 1. The van der Waals surface area contributed by atoms with Gasteiger partial charge in [0.05, 0.1) is 0 Å². The molecule has 128 valence electrons. The van der Waals surface area contributed by atoms with Crippen LogP contribution in [0.15, 0.2) is 91.0 Å². The molecule has 0 spiro atoms. The van der Waals surface area contributed by atoms with Gasteiger partial charge in [-0.15, -0.1) is 0 Å². The molecule has 0 aliphatic carbocycles. The quantitative estimate of drug-likeness (QED) is 0.511. The predicted molar refractivity (Wildman–Crippen MR) is 106 cm³/mol. The summed E-state index contributed by atoms with van der Waals surface area (Å²) in [6.07, 6.45) is -0.210. The first-order valence-electron chi connectivity index (χ1n) is 8.44. The Hall–Kier alpha value is -1.99. The summed E-state index contributed by atoms with van der Waals surface area (Å²) in [5.74, 6) is 0. The summed E-state index contributed by atoms with van der Waals surface area (Å²) in [4.78, 5) is 0. The van der Waals surface area contributed by atoms with Gasteiger partial charge in [0.2, 0.25) is 0 Å². The minimum absolute atomic E-state index is 0.177. The molecule has 3 rings (SSSR count). The van der Waals surface area contributed by atoms with E-state index in [4.69, 9.17) is 4.74 Å². The van der Waals surface area contributed by atoms with Crippen molar-refractivity contribution in [1.82, 2.24) is 0 Å². The van der Waals surface area contributed by atoms with Crippen molar-refractivity contribution >= 4 is 18.5 Å². The maximum atomic E-state index is 10.2. The fourth-order valence-electron chi connectivity index (χ4n) is 3.04. The van der Waals surface area contributed by atoms with Gasteiger partial charge in [0, 0.05) is 19.2 Å². The van der Waals surface area contributed by atoms with E-state index in [1.165, 1.54) is 16.2 Å². The molecule has 0 radical (unpaired) electrons. The minimum Gasteiger partial charge on any atom is -0.368 e. The maximum Gasteiger partial charge on any atom is 0.155 e. The van der Waals surface area contributed by atoms with E-state index >= 15 is 0 Å². The van der Waals surface area contributed by atoms with Crippen molar-refractivity contribution in [2.75, 3.05) is 7.11 Å². The third-order valence-corrected chi connectivity index (χ3v) is 7.10. The molecule has 1 N–H and O–H groups in total. The molecule has 2 unspecified atom stereocenters. The Bertz CT molecular complexity index is 707. The van der Waals surface area contributed by atoms with Crippen molar-refractivity contribution in [3.05, 3.63) is 96.6 Å². The summed E-state index contributed by atoms with van der Waals surface area (Å²) >= 11 is 0. The lowest BCUT2D eigenvalue weighted by Crippen LogP contribution is -2.21. The number of ether oxygens (including phenoxy) is 1. The first-order valence-corrected chi connectivity index (χ1v) is 9.86. The zero-order chi connectivity index (χ0) is 17.5. The standard InChI is InChI=1S/C22H23O2P/c1-24-22(23)17-21(18-11-5-2-6-12-18)25(19-13-7-3-8-14-19)20-15-9-4-10-16-20/h2-16,21-23H,17H2,1H3. The van der Waals surface area contributed by atoms with Gasteiger partial charge < -0.3 is 9.84 Å². The van der Waals surface area contributed by atoms with Crippen LogP contribution in [0.2, 0.25) is 0 Å². The van der Waals surface area contributed by atoms with Crippen LogP contribution in [0.3, 0.4) is 0 Å². The van der Waals surface area contributed by atoms with E-state index in [1.807, 2.05) is 18.2 Å². The second-order valence-electron chi connectivity index (χ2n) is 5.89. The van der Waals surface area contributed by atoms with E-state index in [-0.39, 0.29) is 5.66 Å². The van der Waals surface area contributed by atoms with Gasteiger partial charge in [-0.05, 0) is 24.1 Å². The molecule has 2 nitrogen and oxygen atoms in total. The Morgan fingerprint density at radius 1 is 0.760 bits per heavy atom. The molecule has 0 saturated carbocycles. The smallest absolute Gasteiger partial charge is 0.155 e. The third kappa shape index (κ3) is 4.55. The van der Waals surface area contributed by atoms with E-state index in [0.29, 0.717) is 6.42 Å². The van der Waals surface area contributed by atoms with Crippen molar-refractivity contribution < 1.29 is 9.84 Å². The number of rotatable bonds is 7. The van der Waals surface area contributed by atoms with Gasteiger partial charge in [-0.2, -0.15) is 0 Å². The van der Waals surface area contributed by atoms with Crippen LogP contribution in [-0.2, 0) is 4.74 Å². The number of aliphatic hydroxyl groups excluding tert-OH is 1. The average Bonchev–Trinajstić information content (AvgIpc) is 2.69. The van der Waals surface area contributed by atoms with E-state index in [2.05, 4.69) is 72.8 Å². The molecule has 0 aliphatic heterocycles. The number of benzene rings is 3. The number of hydrogen-bond donors (Lipinski definition) is 1. The zero-order valence-electron chi connectivity index (χ0n) is 14.3. The van der Waals surface area contributed by atoms with Gasteiger partial charge >= 0.3 is 0 Å².